The molecule has 0 aromatic heterocycles. The molecule has 0 aromatic rings. The molecule has 59 valence electrons. The summed E-state index contributed by atoms with van der Waals surface area (Å²) in [6.45, 7) is 3.56. The maximum atomic E-state index is 12.3. The number of hydrogen-bond donors (Lipinski definition) is 0. The Morgan fingerprint density at radius 2 is 2.30 bits per heavy atom. The average Bonchev–Trinajstić information content (AvgIpc) is 1.80. The first-order valence-corrected chi connectivity index (χ1v) is 3.12. The normalized spacial score (nSPS) is 16.4. The van der Waals surface area contributed by atoms with Crippen LogP contribution in [0.1, 0.15) is 0 Å². The number of dihydropyridines is 1. The van der Waals surface area contributed by atoms with Crippen LogP contribution < -0.4 is 0 Å². The van der Waals surface area contributed by atoms with Gasteiger partial charge in [-0.15, -0.1) is 18.2 Å². The molecule has 0 amide bonds. The Morgan fingerprint density at radius 3 is 2.70 bits per heavy atom. The smallest absolute Gasteiger partial charge is 0.110 e. The van der Waals surface area contributed by atoms with E-state index in [9.17, 15) is 4.39 Å². The van der Waals surface area contributed by atoms with Crippen molar-refractivity contribution in [2.24, 2.45) is 4.99 Å². The van der Waals surface area contributed by atoms with Crippen LogP contribution in [0.3, 0.4) is 0 Å². The maximum absolute atomic E-state index is 12.3. The minimum absolute atomic E-state index is 0. The maximum Gasteiger partial charge on any atom is 0.110 e. The van der Waals surface area contributed by atoms with Gasteiger partial charge in [-0.3, -0.25) is 4.39 Å². The Morgan fingerprint density at radius 1 is 1.70 bits per heavy atom. The van der Waals surface area contributed by atoms with E-state index in [1.165, 1.54) is 6.21 Å². The van der Waals surface area contributed by atoms with Crippen LogP contribution in [0.5, 0.6) is 0 Å². The van der Waals surface area contributed by atoms with E-state index in [2.05, 4.69) is 27.5 Å². The number of rotatable bonds is 0. The zero-order valence-corrected chi connectivity index (χ0v) is 8.39. The summed E-state index contributed by atoms with van der Waals surface area (Å²) in [7, 11) is 0. The molecule has 0 spiro atoms. The Labute approximate surface area is 97.2 Å². The first-order valence-electron chi connectivity index (χ1n) is 2.33. The standard InChI is InChI=1S/C6H4BrFN.Ho/c1-4-2-5(7)6(8)9-3-4;/h2-3H,1H2;/q-1;. The molecule has 0 aliphatic carbocycles. The van der Waals surface area contributed by atoms with Crippen molar-refractivity contribution in [1.29, 1.82) is 0 Å². The molecule has 1 aliphatic heterocycles. The summed E-state index contributed by atoms with van der Waals surface area (Å²) in [6, 6.07) is 0. The predicted octanol–water partition coefficient (Wildman–Crippen LogP) is 2.36. The van der Waals surface area contributed by atoms with Gasteiger partial charge in [0.15, 0.2) is 0 Å². The summed E-state index contributed by atoms with van der Waals surface area (Å²) in [5.74, 6) is 0. The summed E-state index contributed by atoms with van der Waals surface area (Å²) < 4.78 is 12.7. The first-order chi connectivity index (χ1) is 4.20. The van der Waals surface area contributed by atoms with Crippen molar-refractivity contribution in [3.05, 3.63) is 29.0 Å². The molecule has 0 unspecified atom stereocenters. The molecular formula is C6H4BrFHoN-. The Bertz CT molecular complexity index is 200. The third-order valence-electron chi connectivity index (χ3n) is 0.853. The molecule has 0 aromatic carbocycles. The second kappa shape index (κ2) is 4.54. The van der Waals surface area contributed by atoms with Crippen LogP contribution in [-0.4, -0.2) is 6.21 Å². The van der Waals surface area contributed by atoms with E-state index in [0.717, 1.165) is 0 Å². The molecule has 1 nitrogen and oxygen atoms in total. The summed E-state index contributed by atoms with van der Waals surface area (Å²) in [6.07, 6.45) is 2.45. The van der Waals surface area contributed by atoms with Gasteiger partial charge < -0.3 is 4.99 Å². The molecule has 10 heavy (non-hydrogen) atoms. The molecule has 0 fully saturated rings. The van der Waals surface area contributed by atoms with E-state index in [1.807, 2.05) is 0 Å². The number of aliphatic imine (C=N–C) groups is 1. The van der Waals surface area contributed by atoms with Crippen LogP contribution in [0.4, 0.5) is 4.39 Å². The van der Waals surface area contributed by atoms with Gasteiger partial charge in [0.2, 0.25) is 0 Å². The molecular weight excluding hydrogens is 350 g/mol. The zero-order chi connectivity index (χ0) is 6.85. The van der Waals surface area contributed by atoms with Crippen LogP contribution >= 0.6 is 15.9 Å². The first kappa shape index (κ1) is 10.7. The van der Waals surface area contributed by atoms with E-state index in [1.54, 1.807) is 6.08 Å². The van der Waals surface area contributed by atoms with Crippen LogP contribution in [-0.2, 0) is 0 Å². The molecule has 0 saturated carbocycles. The van der Waals surface area contributed by atoms with Crippen LogP contribution in [0.25, 0.3) is 0 Å². The third kappa shape index (κ3) is 2.74. The predicted molar refractivity (Wildman–Crippen MR) is 39.0 cm³/mol. The van der Waals surface area contributed by atoms with Gasteiger partial charge in [0.1, 0.15) is 6.30 Å². The van der Waals surface area contributed by atoms with E-state index in [-0.39, 0.29) is 37.7 Å². The molecule has 0 saturated heterocycles. The third-order valence-corrected chi connectivity index (χ3v) is 1.41. The van der Waals surface area contributed by atoms with Crippen molar-refractivity contribution in [3.63, 3.8) is 0 Å². The van der Waals surface area contributed by atoms with Crippen molar-refractivity contribution in [3.8, 4) is 0 Å². The molecule has 0 atom stereocenters. The molecule has 1 radical (unpaired) electrons. The van der Waals surface area contributed by atoms with Crippen molar-refractivity contribution >= 4 is 22.1 Å². The summed E-state index contributed by atoms with van der Waals surface area (Å²) >= 11 is 2.97. The van der Waals surface area contributed by atoms with Gasteiger partial charge in [-0.05, 0) is 4.48 Å². The fourth-order valence-electron chi connectivity index (χ4n) is 0.461. The van der Waals surface area contributed by atoms with Gasteiger partial charge in [-0.25, -0.2) is 0 Å². The van der Waals surface area contributed by atoms with Crippen LogP contribution in [0.15, 0.2) is 27.7 Å². The molecule has 1 heterocycles. The van der Waals surface area contributed by atoms with E-state index >= 15 is 0 Å². The quantitative estimate of drug-likeness (QED) is 0.360. The monoisotopic (exact) mass is 353 g/mol. The van der Waals surface area contributed by atoms with Gasteiger partial charge in [0.05, 0.1) is 0 Å². The number of allylic oxidation sites excluding steroid dienone is 2. The minimum atomic E-state index is -0.498. The van der Waals surface area contributed by atoms with Crippen molar-refractivity contribution in [1.82, 2.24) is 0 Å². The van der Waals surface area contributed by atoms with E-state index in [4.69, 9.17) is 0 Å². The topological polar surface area (TPSA) is 12.4 Å². The molecule has 0 N–H and O–H groups in total. The van der Waals surface area contributed by atoms with Crippen molar-refractivity contribution in [2.75, 3.05) is 0 Å². The number of hydrogen-bond acceptors (Lipinski definition) is 1. The molecule has 1 rings (SSSR count). The Hall–Kier alpha value is 0.690. The van der Waals surface area contributed by atoms with Crippen molar-refractivity contribution < 1.29 is 42.1 Å². The fraction of sp³-hybridized carbons (Fsp3) is 0. The summed E-state index contributed by atoms with van der Waals surface area (Å²) in [5.41, 5.74) is 0.697. The van der Waals surface area contributed by atoms with Crippen LogP contribution in [0.2, 0.25) is 0 Å². The molecule has 1 aliphatic rings. The number of halogens is 2. The second-order valence-corrected chi connectivity index (χ2v) is 2.47. The number of nitrogens with zero attached hydrogens (tertiary/aromatic N) is 1. The SMILES string of the molecule is C=C1C=N[C-](F)C(Br)=C1.[Ho]. The Balaban J connectivity index is 0.000000810. The zero-order valence-electron chi connectivity index (χ0n) is 4.87. The fourth-order valence-corrected chi connectivity index (χ4v) is 0.857. The van der Waals surface area contributed by atoms with Gasteiger partial charge in [-0.2, -0.15) is 0 Å². The minimum Gasteiger partial charge on any atom is -0.356 e. The molecule has 4 heteroatoms. The van der Waals surface area contributed by atoms with Gasteiger partial charge >= 0.3 is 0 Å². The second-order valence-electron chi connectivity index (χ2n) is 1.62. The van der Waals surface area contributed by atoms with Crippen LogP contribution in [0, 0.1) is 44.0 Å². The average molecular weight is 354 g/mol. The van der Waals surface area contributed by atoms with E-state index in [0.29, 0.717) is 10.1 Å². The van der Waals surface area contributed by atoms with Gasteiger partial charge in [-0.1, -0.05) is 22.1 Å². The van der Waals surface area contributed by atoms with Gasteiger partial charge in [0.25, 0.3) is 0 Å². The Kier molecular flexibility index (Phi) is 4.86. The summed E-state index contributed by atoms with van der Waals surface area (Å²) in [5, 5.41) is 0. The largest absolute Gasteiger partial charge is 0.356 e. The van der Waals surface area contributed by atoms with Gasteiger partial charge in [0, 0.05) is 37.7 Å². The van der Waals surface area contributed by atoms with E-state index < -0.39 is 6.30 Å². The van der Waals surface area contributed by atoms with Crippen molar-refractivity contribution in [2.45, 2.75) is 0 Å². The molecule has 0 bridgehead atoms. The summed E-state index contributed by atoms with van der Waals surface area (Å²) in [4.78, 5) is 3.40.